The molecule has 2 nitrogen and oxygen atoms in total. The lowest BCUT2D eigenvalue weighted by Crippen LogP contribution is -2.04. The van der Waals surface area contributed by atoms with Crippen LogP contribution in [0.2, 0.25) is 0 Å². The van der Waals surface area contributed by atoms with Crippen molar-refractivity contribution in [2.24, 2.45) is 0 Å². The van der Waals surface area contributed by atoms with Crippen LogP contribution in [-0.4, -0.2) is 5.97 Å². The molecule has 16 heavy (non-hydrogen) atoms. The molecule has 0 aromatic heterocycles. The summed E-state index contributed by atoms with van der Waals surface area (Å²) >= 11 is 0. The van der Waals surface area contributed by atoms with Gasteiger partial charge in [0.05, 0.1) is 5.56 Å². The quantitative estimate of drug-likeness (QED) is 0.575. The molecule has 86 valence electrons. The van der Waals surface area contributed by atoms with Gasteiger partial charge in [-0.2, -0.15) is 13.2 Å². The SMILES string of the molecule is C=C(OC(C)=O)c1ccc(C(F)(F)F)cc1. The van der Waals surface area contributed by atoms with E-state index >= 15 is 0 Å². The van der Waals surface area contributed by atoms with E-state index in [-0.39, 0.29) is 5.76 Å². The topological polar surface area (TPSA) is 26.3 Å². The van der Waals surface area contributed by atoms with Crippen molar-refractivity contribution < 1.29 is 22.7 Å². The molecule has 0 radical (unpaired) electrons. The van der Waals surface area contributed by atoms with E-state index in [2.05, 4.69) is 11.3 Å². The smallest absolute Gasteiger partial charge is 0.416 e. The molecule has 0 unspecified atom stereocenters. The summed E-state index contributed by atoms with van der Waals surface area (Å²) in [6.45, 7) is 4.62. The predicted octanol–water partition coefficient (Wildman–Crippen LogP) is 3.24. The molecule has 0 aliphatic carbocycles. The number of alkyl halides is 3. The van der Waals surface area contributed by atoms with Crippen LogP contribution in [0.1, 0.15) is 18.1 Å². The van der Waals surface area contributed by atoms with Crippen LogP contribution in [-0.2, 0) is 15.7 Å². The van der Waals surface area contributed by atoms with Crippen LogP contribution in [0.25, 0.3) is 5.76 Å². The second-order valence-corrected chi connectivity index (χ2v) is 3.09. The lowest BCUT2D eigenvalue weighted by molar-refractivity contribution is -0.137. The predicted molar refractivity (Wildman–Crippen MR) is 52.2 cm³/mol. The first-order valence-corrected chi connectivity index (χ1v) is 4.35. The molecule has 0 N–H and O–H groups in total. The molecule has 5 heteroatoms. The van der Waals surface area contributed by atoms with E-state index < -0.39 is 17.7 Å². The second kappa shape index (κ2) is 4.38. The van der Waals surface area contributed by atoms with Crippen LogP contribution in [0.4, 0.5) is 13.2 Å². The zero-order chi connectivity index (χ0) is 12.3. The molecule has 0 aliphatic heterocycles. The Bertz CT molecular complexity index is 404. The first-order chi connectivity index (χ1) is 7.30. The van der Waals surface area contributed by atoms with Gasteiger partial charge in [-0.1, -0.05) is 18.7 Å². The summed E-state index contributed by atoms with van der Waals surface area (Å²) in [5, 5.41) is 0. The van der Waals surface area contributed by atoms with E-state index in [1.807, 2.05) is 0 Å². The Morgan fingerprint density at radius 1 is 1.25 bits per heavy atom. The van der Waals surface area contributed by atoms with Crippen LogP contribution in [0.5, 0.6) is 0 Å². The molecule has 0 spiro atoms. The number of carbonyl (C=O) groups excluding carboxylic acids is 1. The van der Waals surface area contributed by atoms with Gasteiger partial charge in [0.1, 0.15) is 5.76 Å². The van der Waals surface area contributed by atoms with Crippen LogP contribution in [0.15, 0.2) is 30.8 Å². The summed E-state index contributed by atoms with van der Waals surface area (Å²) in [4.78, 5) is 10.6. The Morgan fingerprint density at radius 3 is 2.12 bits per heavy atom. The third-order valence-electron chi connectivity index (χ3n) is 1.80. The van der Waals surface area contributed by atoms with E-state index in [1.54, 1.807) is 0 Å². The van der Waals surface area contributed by atoms with E-state index in [0.29, 0.717) is 5.56 Å². The number of esters is 1. The van der Waals surface area contributed by atoms with Gasteiger partial charge >= 0.3 is 12.1 Å². The highest BCUT2D eigenvalue weighted by Gasteiger charge is 2.30. The van der Waals surface area contributed by atoms with Crippen LogP contribution >= 0.6 is 0 Å². The minimum atomic E-state index is -4.37. The largest absolute Gasteiger partial charge is 0.427 e. The molecular formula is C11H9F3O2. The Labute approximate surface area is 90.3 Å². The summed E-state index contributed by atoms with van der Waals surface area (Å²) in [6.07, 6.45) is -4.37. The minimum Gasteiger partial charge on any atom is -0.427 e. The van der Waals surface area contributed by atoms with Gasteiger partial charge in [0.25, 0.3) is 0 Å². The fraction of sp³-hybridized carbons (Fsp3) is 0.182. The fourth-order valence-corrected chi connectivity index (χ4v) is 1.08. The standard InChI is InChI=1S/C11H9F3O2/c1-7(16-8(2)15)9-3-5-10(6-4-9)11(12,13)14/h3-6H,1H2,2H3. The molecule has 0 amide bonds. The van der Waals surface area contributed by atoms with Crippen molar-refractivity contribution in [1.29, 1.82) is 0 Å². The molecule has 0 aliphatic rings. The average molecular weight is 230 g/mol. The van der Waals surface area contributed by atoms with Crippen LogP contribution in [0, 0.1) is 0 Å². The zero-order valence-corrected chi connectivity index (χ0v) is 8.47. The van der Waals surface area contributed by atoms with Gasteiger partial charge in [-0.25, -0.2) is 0 Å². The van der Waals surface area contributed by atoms with Crippen molar-refractivity contribution >= 4 is 11.7 Å². The van der Waals surface area contributed by atoms with Gasteiger partial charge in [-0.3, -0.25) is 4.79 Å². The zero-order valence-electron chi connectivity index (χ0n) is 8.47. The number of halogens is 3. The first kappa shape index (κ1) is 12.3. The van der Waals surface area contributed by atoms with E-state index in [4.69, 9.17) is 0 Å². The normalized spacial score (nSPS) is 11.0. The summed E-state index contributed by atoms with van der Waals surface area (Å²) < 4.78 is 41.3. The molecule has 0 bridgehead atoms. The van der Waals surface area contributed by atoms with Crippen LogP contribution < -0.4 is 0 Å². The van der Waals surface area contributed by atoms with Gasteiger partial charge in [0.15, 0.2) is 0 Å². The Hall–Kier alpha value is -1.78. The number of rotatable bonds is 2. The minimum absolute atomic E-state index is 0.0289. The molecule has 0 saturated heterocycles. The third kappa shape index (κ3) is 3.12. The van der Waals surface area contributed by atoms with Gasteiger partial charge in [-0.15, -0.1) is 0 Å². The van der Waals surface area contributed by atoms with Gasteiger partial charge in [0.2, 0.25) is 0 Å². The number of hydrogen-bond acceptors (Lipinski definition) is 2. The highest BCUT2D eigenvalue weighted by atomic mass is 19.4. The summed E-state index contributed by atoms with van der Waals surface area (Å²) in [6, 6.07) is 4.22. The fourth-order valence-electron chi connectivity index (χ4n) is 1.08. The summed E-state index contributed by atoms with van der Waals surface area (Å²) in [7, 11) is 0. The molecule has 1 aromatic rings. The third-order valence-corrected chi connectivity index (χ3v) is 1.80. The highest BCUT2D eigenvalue weighted by Crippen LogP contribution is 2.29. The molecule has 0 fully saturated rings. The van der Waals surface area contributed by atoms with Crippen molar-refractivity contribution in [3.05, 3.63) is 42.0 Å². The average Bonchev–Trinajstić information content (AvgIpc) is 2.15. The van der Waals surface area contributed by atoms with Gasteiger partial charge in [0, 0.05) is 12.5 Å². The number of benzene rings is 1. The van der Waals surface area contributed by atoms with Crippen molar-refractivity contribution in [1.82, 2.24) is 0 Å². The highest BCUT2D eigenvalue weighted by molar-refractivity contribution is 5.75. The van der Waals surface area contributed by atoms with Crippen molar-refractivity contribution in [3.8, 4) is 0 Å². The number of ether oxygens (including phenoxy) is 1. The summed E-state index contributed by atoms with van der Waals surface area (Å²) in [5.74, 6) is -0.536. The molecule has 1 aromatic carbocycles. The Balaban J connectivity index is 2.87. The van der Waals surface area contributed by atoms with Crippen molar-refractivity contribution in [2.75, 3.05) is 0 Å². The van der Waals surface area contributed by atoms with E-state index in [1.165, 1.54) is 19.1 Å². The summed E-state index contributed by atoms with van der Waals surface area (Å²) in [5.41, 5.74) is -0.421. The maximum absolute atomic E-state index is 12.2. The molecular weight excluding hydrogens is 221 g/mol. The number of carbonyl (C=O) groups is 1. The lowest BCUT2D eigenvalue weighted by Gasteiger charge is -2.08. The first-order valence-electron chi connectivity index (χ1n) is 4.35. The van der Waals surface area contributed by atoms with Crippen LogP contribution in [0.3, 0.4) is 0 Å². The van der Waals surface area contributed by atoms with Crippen molar-refractivity contribution in [2.45, 2.75) is 13.1 Å². The second-order valence-electron chi connectivity index (χ2n) is 3.09. The van der Waals surface area contributed by atoms with Gasteiger partial charge < -0.3 is 4.74 Å². The van der Waals surface area contributed by atoms with Crippen molar-refractivity contribution in [3.63, 3.8) is 0 Å². The van der Waals surface area contributed by atoms with E-state index in [0.717, 1.165) is 12.1 Å². The number of hydrogen-bond donors (Lipinski definition) is 0. The Morgan fingerprint density at radius 2 is 1.75 bits per heavy atom. The monoisotopic (exact) mass is 230 g/mol. The molecule has 0 heterocycles. The maximum atomic E-state index is 12.2. The molecule has 0 saturated carbocycles. The van der Waals surface area contributed by atoms with Gasteiger partial charge in [-0.05, 0) is 12.1 Å². The molecule has 0 atom stereocenters. The Kier molecular flexibility index (Phi) is 3.37. The van der Waals surface area contributed by atoms with E-state index in [9.17, 15) is 18.0 Å². The lowest BCUT2D eigenvalue weighted by atomic mass is 10.1. The maximum Gasteiger partial charge on any atom is 0.416 e. The molecule has 1 rings (SSSR count).